The first-order valence-electron chi connectivity index (χ1n) is 7.07. The minimum Gasteiger partial charge on any atom is -0.207 e. The first-order chi connectivity index (χ1) is 11.8. The fourth-order valence-electron chi connectivity index (χ4n) is 2.30. The topological polar surface area (TPSA) is 0 Å². The predicted octanol–water partition coefficient (Wildman–Crippen LogP) is 6.79. The van der Waals surface area contributed by atoms with E-state index in [2.05, 4.69) is 6.07 Å². The summed E-state index contributed by atoms with van der Waals surface area (Å²) in [5.41, 5.74) is 0.450. The van der Waals surface area contributed by atoms with Crippen LogP contribution in [0.5, 0.6) is 0 Å². The fraction of sp³-hybridized carbons (Fsp3) is 0.294. The average Bonchev–Trinajstić information content (AvgIpc) is 2.44. The number of hydrogen-bond acceptors (Lipinski definition) is 1. The van der Waals surface area contributed by atoms with Gasteiger partial charge in [-0.25, -0.2) is 4.39 Å². The first-order valence-corrected chi connectivity index (χ1v) is 7.89. The van der Waals surface area contributed by atoms with Gasteiger partial charge in [-0.05, 0) is 72.1 Å². The Morgan fingerprint density at radius 2 is 1.54 bits per heavy atom. The molecule has 0 N–H and O–H groups in total. The summed E-state index contributed by atoms with van der Waals surface area (Å²) in [5.74, 6) is -6.96. The molecule has 26 heavy (non-hydrogen) atoms. The van der Waals surface area contributed by atoms with Gasteiger partial charge in [-0.15, -0.1) is 0 Å². The summed E-state index contributed by atoms with van der Waals surface area (Å²) in [5, 5.41) is -5.46. The molecule has 0 aliphatic carbocycles. The Labute approximate surface area is 148 Å². The second kappa shape index (κ2) is 6.75. The Morgan fingerprint density at radius 3 is 2.08 bits per heavy atom. The molecule has 0 fully saturated rings. The maximum absolute atomic E-state index is 13.8. The van der Waals surface area contributed by atoms with Crippen LogP contribution < -0.4 is 0 Å². The molecular weight excluding hydrogens is 388 g/mol. The Kier molecular flexibility index (Phi) is 5.34. The SMILES string of the molecule is Cc1[c]c(C)c(-c2cccc(F)c2)c(SC(F)(F)C(F)(F)C(F)(F)F)c1. The Hall–Kier alpha value is -1.77. The van der Waals surface area contributed by atoms with Crippen LogP contribution in [0.1, 0.15) is 11.1 Å². The molecule has 0 saturated carbocycles. The van der Waals surface area contributed by atoms with Gasteiger partial charge in [-0.1, -0.05) is 12.1 Å². The maximum Gasteiger partial charge on any atom is 0.460 e. The standard InChI is InChI=1S/C17H11F8S/c1-9-6-10(2)14(11-4-3-5-12(18)8-11)13(7-9)26-17(24,25)15(19,20)16(21,22)23/h3-5,7-8H,1-2H3. The fourth-order valence-corrected chi connectivity index (χ4v) is 3.43. The molecule has 1 radical (unpaired) electrons. The van der Waals surface area contributed by atoms with Crippen molar-refractivity contribution in [1.29, 1.82) is 0 Å². The van der Waals surface area contributed by atoms with Gasteiger partial charge >= 0.3 is 17.4 Å². The molecule has 2 aromatic rings. The van der Waals surface area contributed by atoms with Gasteiger partial charge in [0.1, 0.15) is 5.82 Å². The molecule has 2 rings (SSSR count). The highest BCUT2D eigenvalue weighted by Crippen LogP contribution is 2.55. The van der Waals surface area contributed by atoms with Gasteiger partial charge in [0, 0.05) is 4.90 Å². The number of benzene rings is 2. The van der Waals surface area contributed by atoms with Gasteiger partial charge in [-0.2, -0.15) is 30.7 Å². The Morgan fingerprint density at radius 1 is 0.923 bits per heavy atom. The number of aryl methyl sites for hydroxylation is 2. The van der Waals surface area contributed by atoms with Gasteiger partial charge in [0.25, 0.3) is 0 Å². The van der Waals surface area contributed by atoms with Crippen molar-refractivity contribution >= 4 is 11.8 Å². The van der Waals surface area contributed by atoms with Gasteiger partial charge < -0.3 is 0 Å². The van der Waals surface area contributed by atoms with Crippen molar-refractivity contribution in [2.75, 3.05) is 0 Å². The van der Waals surface area contributed by atoms with E-state index >= 15 is 0 Å². The van der Waals surface area contributed by atoms with E-state index < -0.39 is 39.8 Å². The molecule has 9 heteroatoms. The van der Waals surface area contributed by atoms with Crippen molar-refractivity contribution < 1.29 is 35.1 Å². The van der Waals surface area contributed by atoms with E-state index in [0.717, 1.165) is 18.2 Å². The normalized spacial score (nSPS) is 13.2. The van der Waals surface area contributed by atoms with Crippen molar-refractivity contribution in [3.05, 3.63) is 53.3 Å². The Bertz CT molecular complexity index is 811. The summed E-state index contributed by atoms with van der Waals surface area (Å²) in [6.45, 7) is 2.84. The average molecular weight is 399 g/mol. The van der Waals surface area contributed by atoms with Crippen LogP contribution in [0.4, 0.5) is 35.1 Å². The summed E-state index contributed by atoms with van der Waals surface area (Å²) >= 11 is -0.910. The smallest absolute Gasteiger partial charge is 0.207 e. The molecule has 0 aliphatic rings. The second-order valence-electron chi connectivity index (χ2n) is 5.52. The van der Waals surface area contributed by atoms with Crippen LogP contribution in [-0.4, -0.2) is 17.4 Å². The third-order valence-corrected chi connectivity index (χ3v) is 4.48. The van der Waals surface area contributed by atoms with Crippen LogP contribution in [0.15, 0.2) is 35.2 Å². The third kappa shape index (κ3) is 3.82. The lowest BCUT2D eigenvalue weighted by Gasteiger charge is -2.28. The van der Waals surface area contributed by atoms with Crippen LogP contribution >= 0.6 is 11.8 Å². The predicted molar refractivity (Wildman–Crippen MR) is 82.0 cm³/mol. The number of alkyl halides is 7. The van der Waals surface area contributed by atoms with E-state index in [4.69, 9.17) is 0 Å². The molecule has 0 nitrogen and oxygen atoms in total. The minimum absolute atomic E-state index is 0.0624. The quantitative estimate of drug-likeness (QED) is 0.403. The highest BCUT2D eigenvalue weighted by atomic mass is 32.2. The van der Waals surface area contributed by atoms with Crippen molar-refractivity contribution in [2.45, 2.75) is 36.1 Å². The van der Waals surface area contributed by atoms with E-state index in [9.17, 15) is 35.1 Å². The zero-order valence-corrected chi connectivity index (χ0v) is 14.1. The summed E-state index contributed by atoms with van der Waals surface area (Å²) in [7, 11) is 0. The molecule has 0 saturated heterocycles. The molecule has 0 aromatic heterocycles. The van der Waals surface area contributed by atoms with Crippen molar-refractivity contribution in [1.82, 2.24) is 0 Å². The lowest BCUT2D eigenvalue weighted by atomic mass is 9.98. The molecule has 2 aromatic carbocycles. The van der Waals surface area contributed by atoms with Gasteiger partial charge in [0.05, 0.1) is 0 Å². The maximum atomic E-state index is 13.8. The highest BCUT2D eigenvalue weighted by molar-refractivity contribution is 8.00. The molecule has 0 atom stereocenters. The van der Waals surface area contributed by atoms with Gasteiger partial charge in [0.2, 0.25) is 0 Å². The lowest BCUT2D eigenvalue weighted by Crippen LogP contribution is -2.49. The summed E-state index contributed by atoms with van der Waals surface area (Å²) in [6, 6.07) is 8.42. The van der Waals surface area contributed by atoms with Crippen LogP contribution in [0.3, 0.4) is 0 Å². The molecule has 0 spiro atoms. The lowest BCUT2D eigenvalue weighted by molar-refractivity contribution is -0.330. The van der Waals surface area contributed by atoms with Gasteiger partial charge in [-0.3, -0.25) is 0 Å². The number of thioether (sulfide) groups is 1. The summed E-state index contributed by atoms with van der Waals surface area (Å²) in [6.07, 6.45) is -6.42. The minimum atomic E-state index is -6.42. The molecular formula is C17H11F8S. The van der Waals surface area contributed by atoms with E-state index in [0.29, 0.717) is 0 Å². The van der Waals surface area contributed by atoms with Gasteiger partial charge in [0.15, 0.2) is 0 Å². The molecule has 0 bridgehead atoms. The van der Waals surface area contributed by atoms with Crippen LogP contribution in [0.25, 0.3) is 11.1 Å². The summed E-state index contributed by atoms with van der Waals surface area (Å²) in [4.78, 5) is -0.529. The first kappa shape index (κ1) is 20.5. The van der Waals surface area contributed by atoms with Crippen molar-refractivity contribution in [2.24, 2.45) is 0 Å². The van der Waals surface area contributed by atoms with E-state index in [-0.39, 0.29) is 22.3 Å². The highest BCUT2D eigenvalue weighted by Gasteiger charge is 2.73. The third-order valence-electron chi connectivity index (χ3n) is 3.43. The number of rotatable bonds is 4. The van der Waals surface area contributed by atoms with E-state index in [1.807, 2.05) is 0 Å². The number of halogens is 8. The van der Waals surface area contributed by atoms with Crippen molar-refractivity contribution in [3.8, 4) is 11.1 Å². The van der Waals surface area contributed by atoms with E-state index in [1.165, 1.54) is 26.0 Å². The molecule has 0 amide bonds. The number of hydrogen-bond donors (Lipinski definition) is 0. The zero-order valence-electron chi connectivity index (χ0n) is 13.3. The van der Waals surface area contributed by atoms with Crippen LogP contribution in [0.2, 0.25) is 0 Å². The van der Waals surface area contributed by atoms with Crippen molar-refractivity contribution in [3.63, 3.8) is 0 Å². The van der Waals surface area contributed by atoms with E-state index in [1.54, 1.807) is 0 Å². The second-order valence-corrected chi connectivity index (χ2v) is 6.67. The molecule has 0 aliphatic heterocycles. The van der Waals surface area contributed by atoms with Crippen LogP contribution in [-0.2, 0) is 0 Å². The Balaban J connectivity index is 2.60. The molecule has 141 valence electrons. The summed E-state index contributed by atoms with van der Waals surface area (Å²) < 4.78 is 105. The largest absolute Gasteiger partial charge is 0.460 e. The zero-order chi connectivity index (χ0) is 19.9. The molecule has 0 heterocycles. The molecule has 0 unspecified atom stereocenters. The van der Waals surface area contributed by atoms with Crippen LogP contribution in [0, 0.1) is 25.7 Å². The monoisotopic (exact) mass is 399 g/mol.